The van der Waals surface area contributed by atoms with Crippen molar-refractivity contribution in [1.29, 1.82) is 0 Å². The van der Waals surface area contributed by atoms with Crippen LogP contribution in [-0.2, 0) is 9.59 Å². The van der Waals surface area contributed by atoms with Crippen molar-refractivity contribution in [2.75, 3.05) is 46.5 Å². The van der Waals surface area contributed by atoms with Gasteiger partial charge in [-0.3, -0.25) is 9.59 Å². The summed E-state index contributed by atoms with van der Waals surface area (Å²) in [7, 11) is 1.40. The molecule has 0 aliphatic heterocycles. The molecule has 7 heteroatoms. The third kappa shape index (κ3) is 4.56. The SMILES string of the molecule is CN(CCO)C(=O)C(=O)N(CCO)CCO. The molecule has 7 nitrogen and oxygen atoms in total. The molecule has 0 radical (unpaired) electrons. The van der Waals surface area contributed by atoms with Crippen molar-refractivity contribution in [1.82, 2.24) is 9.80 Å². The number of rotatable bonds is 6. The zero-order chi connectivity index (χ0) is 12.6. The summed E-state index contributed by atoms with van der Waals surface area (Å²) in [5, 5.41) is 26.0. The van der Waals surface area contributed by atoms with E-state index < -0.39 is 11.8 Å². The lowest BCUT2D eigenvalue weighted by atomic mass is 10.4. The molecule has 0 aliphatic carbocycles. The Morgan fingerprint density at radius 3 is 1.69 bits per heavy atom. The Bertz CT molecular complexity index is 228. The van der Waals surface area contributed by atoms with Gasteiger partial charge in [-0.2, -0.15) is 0 Å². The first-order valence-corrected chi connectivity index (χ1v) is 4.95. The second kappa shape index (κ2) is 8.03. The molecular formula is C9H18N2O5. The Hall–Kier alpha value is -1.18. The highest BCUT2D eigenvalue weighted by molar-refractivity contribution is 6.34. The van der Waals surface area contributed by atoms with Crippen molar-refractivity contribution >= 4 is 11.8 Å². The first-order chi connectivity index (χ1) is 7.58. The van der Waals surface area contributed by atoms with Crippen LogP contribution in [0.5, 0.6) is 0 Å². The molecule has 0 fully saturated rings. The van der Waals surface area contributed by atoms with Gasteiger partial charge in [0.05, 0.1) is 19.8 Å². The van der Waals surface area contributed by atoms with Gasteiger partial charge in [-0.05, 0) is 0 Å². The van der Waals surface area contributed by atoms with E-state index in [2.05, 4.69) is 0 Å². The molecule has 0 aliphatic rings. The topological polar surface area (TPSA) is 101 Å². The molecule has 16 heavy (non-hydrogen) atoms. The largest absolute Gasteiger partial charge is 0.395 e. The highest BCUT2D eigenvalue weighted by atomic mass is 16.3. The van der Waals surface area contributed by atoms with Gasteiger partial charge in [0.2, 0.25) is 0 Å². The van der Waals surface area contributed by atoms with E-state index in [0.29, 0.717) is 0 Å². The van der Waals surface area contributed by atoms with Crippen LogP contribution in [0.2, 0.25) is 0 Å². The van der Waals surface area contributed by atoms with Crippen molar-refractivity contribution in [2.24, 2.45) is 0 Å². The summed E-state index contributed by atoms with van der Waals surface area (Å²) in [4.78, 5) is 25.2. The number of carbonyl (C=O) groups excluding carboxylic acids is 2. The second-order valence-electron chi connectivity index (χ2n) is 3.19. The standard InChI is InChI=1S/C9H18N2O5/c1-10(2-5-12)8(15)9(16)11(3-6-13)4-7-14/h12-14H,2-7H2,1H3. The number of likely N-dealkylation sites (N-methyl/N-ethyl adjacent to an activating group) is 1. The third-order valence-electron chi connectivity index (χ3n) is 1.99. The number of hydrogen-bond acceptors (Lipinski definition) is 5. The third-order valence-corrected chi connectivity index (χ3v) is 1.99. The fraction of sp³-hybridized carbons (Fsp3) is 0.778. The average molecular weight is 234 g/mol. The molecule has 94 valence electrons. The average Bonchev–Trinajstić information content (AvgIpc) is 2.27. The van der Waals surface area contributed by atoms with Gasteiger partial charge in [0.1, 0.15) is 0 Å². The van der Waals surface area contributed by atoms with Crippen LogP contribution in [0.1, 0.15) is 0 Å². The quantitative estimate of drug-likeness (QED) is 0.432. The van der Waals surface area contributed by atoms with Gasteiger partial charge in [-0.1, -0.05) is 0 Å². The van der Waals surface area contributed by atoms with E-state index in [-0.39, 0.29) is 39.5 Å². The molecule has 0 atom stereocenters. The van der Waals surface area contributed by atoms with Crippen LogP contribution < -0.4 is 0 Å². The summed E-state index contributed by atoms with van der Waals surface area (Å²) in [5.74, 6) is -1.56. The normalized spacial score (nSPS) is 10.0. The number of aliphatic hydroxyl groups excluding tert-OH is 3. The Morgan fingerprint density at radius 2 is 1.31 bits per heavy atom. The van der Waals surface area contributed by atoms with Crippen molar-refractivity contribution in [3.63, 3.8) is 0 Å². The summed E-state index contributed by atoms with van der Waals surface area (Å²) in [5.41, 5.74) is 0. The maximum Gasteiger partial charge on any atom is 0.312 e. The van der Waals surface area contributed by atoms with Crippen LogP contribution in [0.25, 0.3) is 0 Å². The maximum absolute atomic E-state index is 11.6. The lowest BCUT2D eigenvalue weighted by Gasteiger charge is -2.23. The molecule has 0 unspecified atom stereocenters. The number of aliphatic hydroxyl groups is 3. The Balaban J connectivity index is 4.41. The van der Waals surface area contributed by atoms with Crippen LogP contribution in [0.15, 0.2) is 0 Å². The Morgan fingerprint density at radius 1 is 0.875 bits per heavy atom. The van der Waals surface area contributed by atoms with E-state index in [1.807, 2.05) is 0 Å². The highest BCUT2D eigenvalue weighted by Crippen LogP contribution is 1.94. The van der Waals surface area contributed by atoms with Crippen molar-refractivity contribution in [2.45, 2.75) is 0 Å². The summed E-state index contributed by atoms with van der Waals surface area (Å²) in [6.45, 7) is -0.714. The summed E-state index contributed by atoms with van der Waals surface area (Å²) < 4.78 is 0. The number of nitrogens with zero attached hydrogens (tertiary/aromatic N) is 2. The first kappa shape index (κ1) is 14.8. The summed E-state index contributed by atoms with van der Waals surface area (Å²) in [6.07, 6.45) is 0. The van der Waals surface area contributed by atoms with Gasteiger partial charge in [0.25, 0.3) is 0 Å². The molecule has 0 saturated carbocycles. The van der Waals surface area contributed by atoms with E-state index >= 15 is 0 Å². The summed E-state index contributed by atoms with van der Waals surface area (Å²) >= 11 is 0. The fourth-order valence-corrected chi connectivity index (χ4v) is 1.11. The molecule has 0 saturated heterocycles. The number of amides is 2. The van der Waals surface area contributed by atoms with Gasteiger partial charge >= 0.3 is 11.8 Å². The number of carbonyl (C=O) groups is 2. The van der Waals surface area contributed by atoms with Gasteiger partial charge in [-0.15, -0.1) is 0 Å². The predicted octanol–water partition coefficient (Wildman–Crippen LogP) is -2.75. The maximum atomic E-state index is 11.6. The molecule has 0 aromatic rings. The van der Waals surface area contributed by atoms with Gasteiger partial charge < -0.3 is 25.1 Å². The highest BCUT2D eigenvalue weighted by Gasteiger charge is 2.23. The van der Waals surface area contributed by atoms with Gasteiger partial charge in [-0.25, -0.2) is 0 Å². The molecule has 0 rings (SSSR count). The lowest BCUT2D eigenvalue weighted by Crippen LogP contribution is -2.46. The summed E-state index contributed by atoms with van der Waals surface area (Å²) in [6, 6.07) is 0. The van der Waals surface area contributed by atoms with E-state index in [1.165, 1.54) is 7.05 Å². The first-order valence-electron chi connectivity index (χ1n) is 4.95. The molecule has 0 aromatic heterocycles. The minimum atomic E-state index is -0.793. The van der Waals surface area contributed by atoms with Crippen LogP contribution in [0, 0.1) is 0 Å². The second-order valence-corrected chi connectivity index (χ2v) is 3.19. The van der Waals surface area contributed by atoms with Crippen LogP contribution in [0.4, 0.5) is 0 Å². The monoisotopic (exact) mass is 234 g/mol. The van der Waals surface area contributed by atoms with E-state index in [9.17, 15) is 9.59 Å². The molecule has 3 N–H and O–H groups in total. The molecule has 0 aromatic carbocycles. The van der Waals surface area contributed by atoms with Gasteiger partial charge in [0, 0.05) is 26.7 Å². The smallest absolute Gasteiger partial charge is 0.312 e. The Kier molecular flexibility index (Phi) is 7.44. The molecule has 0 bridgehead atoms. The minimum Gasteiger partial charge on any atom is -0.395 e. The molecule has 0 heterocycles. The van der Waals surface area contributed by atoms with Crippen LogP contribution in [-0.4, -0.2) is 83.4 Å². The van der Waals surface area contributed by atoms with Gasteiger partial charge in [0.15, 0.2) is 0 Å². The number of hydrogen-bond donors (Lipinski definition) is 3. The fourth-order valence-electron chi connectivity index (χ4n) is 1.11. The van der Waals surface area contributed by atoms with Crippen LogP contribution >= 0.6 is 0 Å². The molecule has 2 amide bonds. The van der Waals surface area contributed by atoms with Crippen molar-refractivity contribution in [3.8, 4) is 0 Å². The lowest BCUT2D eigenvalue weighted by molar-refractivity contribution is -0.151. The van der Waals surface area contributed by atoms with E-state index in [0.717, 1.165) is 9.80 Å². The Labute approximate surface area is 93.9 Å². The van der Waals surface area contributed by atoms with Crippen molar-refractivity contribution in [3.05, 3.63) is 0 Å². The predicted molar refractivity (Wildman–Crippen MR) is 55.5 cm³/mol. The van der Waals surface area contributed by atoms with Crippen LogP contribution in [0.3, 0.4) is 0 Å². The van der Waals surface area contributed by atoms with E-state index in [4.69, 9.17) is 15.3 Å². The van der Waals surface area contributed by atoms with E-state index in [1.54, 1.807) is 0 Å². The molecular weight excluding hydrogens is 216 g/mol. The minimum absolute atomic E-state index is 0.00189. The molecule has 0 spiro atoms. The zero-order valence-corrected chi connectivity index (χ0v) is 9.30. The zero-order valence-electron chi connectivity index (χ0n) is 9.30. The van der Waals surface area contributed by atoms with Crippen molar-refractivity contribution < 1.29 is 24.9 Å².